The molecule has 1 aromatic rings. The van der Waals surface area contributed by atoms with Crippen LogP contribution in [0.25, 0.3) is 0 Å². The summed E-state index contributed by atoms with van der Waals surface area (Å²) in [6.07, 6.45) is 3.64. The first-order chi connectivity index (χ1) is 9.63. The number of rotatable bonds is 2. The maximum absolute atomic E-state index is 12.5. The molecular formula is C15H18N2O3. The van der Waals surface area contributed by atoms with Gasteiger partial charge in [-0.1, -0.05) is 12.8 Å². The molecule has 1 aliphatic carbocycles. The van der Waals surface area contributed by atoms with E-state index in [4.69, 9.17) is 10.5 Å². The van der Waals surface area contributed by atoms with Gasteiger partial charge in [-0.3, -0.25) is 9.59 Å². The van der Waals surface area contributed by atoms with Gasteiger partial charge in [0.15, 0.2) is 0 Å². The van der Waals surface area contributed by atoms with Gasteiger partial charge in [-0.2, -0.15) is 0 Å². The number of methoxy groups -OCH3 is 1. The van der Waals surface area contributed by atoms with Crippen LogP contribution in [0.4, 0.5) is 11.4 Å². The normalized spacial score (nSPS) is 25.8. The lowest BCUT2D eigenvalue weighted by molar-refractivity contribution is -0.122. The zero-order valence-electron chi connectivity index (χ0n) is 11.5. The topological polar surface area (TPSA) is 72.6 Å². The summed E-state index contributed by atoms with van der Waals surface area (Å²) in [7, 11) is 1.52. The zero-order chi connectivity index (χ0) is 14.3. The van der Waals surface area contributed by atoms with Gasteiger partial charge in [0, 0.05) is 5.69 Å². The standard InChI is InChI=1S/C15H18N2O3/c1-20-13-7-6-9(16)8-12(13)17-14(18)10-4-2-3-5-11(10)15(17)19/h6-8,10-11H,2-5,16H2,1H3. The molecule has 1 aromatic carbocycles. The number of hydrogen-bond acceptors (Lipinski definition) is 4. The molecule has 2 unspecified atom stereocenters. The Labute approximate surface area is 117 Å². The van der Waals surface area contributed by atoms with E-state index in [1.807, 2.05) is 0 Å². The summed E-state index contributed by atoms with van der Waals surface area (Å²) in [6, 6.07) is 5.01. The Morgan fingerprint density at radius 3 is 2.30 bits per heavy atom. The van der Waals surface area contributed by atoms with E-state index in [0.29, 0.717) is 17.1 Å². The minimum Gasteiger partial charge on any atom is -0.495 e. The molecule has 1 saturated carbocycles. The van der Waals surface area contributed by atoms with Crippen molar-refractivity contribution in [3.05, 3.63) is 18.2 Å². The number of imide groups is 1. The van der Waals surface area contributed by atoms with Crippen LogP contribution < -0.4 is 15.4 Å². The van der Waals surface area contributed by atoms with Crippen LogP contribution in [0, 0.1) is 11.8 Å². The van der Waals surface area contributed by atoms with Crippen molar-refractivity contribution in [2.24, 2.45) is 11.8 Å². The highest BCUT2D eigenvalue weighted by Crippen LogP contribution is 2.42. The Balaban J connectivity index is 2.03. The van der Waals surface area contributed by atoms with Crippen LogP contribution in [0.3, 0.4) is 0 Å². The van der Waals surface area contributed by atoms with E-state index in [-0.39, 0.29) is 23.7 Å². The number of benzene rings is 1. The number of nitrogens with two attached hydrogens (primary N) is 1. The molecule has 1 heterocycles. The fourth-order valence-corrected chi connectivity index (χ4v) is 3.28. The molecular weight excluding hydrogens is 256 g/mol. The minimum absolute atomic E-state index is 0.108. The number of anilines is 2. The Bertz CT molecular complexity index is 546. The van der Waals surface area contributed by atoms with Gasteiger partial charge < -0.3 is 10.5 Å². The van der Waals surface area contributed by atoms with Crippen LogP contribution >= 0.6 is 0 Å². The molecule has 5 heteroatoms. The number of hydrogen-bond donors (Lipinski definition) is 1. The first-order valence-corrected chi connectivity index (χ1v) is 6.95. The van der Waals surface area contributed by atoms with Gasteiger partial charge in [0.1, 0.15) is 5.75 Å². The van der Waals surface area contributed by atoms with Crippen molar-refractivity contribution in [3.8, 4) is 5.75 Å². The van der Waals surface area contributed by atoms with Gasteiger partial charge in [0.25, 0.3) is 0 Å². The number of amides is 2. The molecule has 106 valence electrons. The highest BCUT2D eigenvalue weighted by Gasteiger charge is 2.49. The van der Waals surface area contributed by atoms with Gasteiger partial charge in [0.2, 0.25) is 11.8 Å². The summed E-state index contributed by atoms with van der Waals surface area (Å²) in [5, 5.41) is 0. The van der Waals surface area contributed by atoms with E-state index in [0.717, 1.165) is 25.7 Å². The van der Waals surface area contributed by atoms with E-state index in [9.17, 15) is 9.59 Å². The lowest BCUT2D eigenvalue weighted by Gasteiger charge is -2.19. The SMILES string of the molecule is COc1ccc(N)cc1N1C(=O)C2CCCCC2C1=O. The van der Waals surface area contributed by atoms with Crippen LogP contribution in [0.15, 0.2) is 18.2 Å². The lowest BCUT2D eigenvalue weighted by atomic mass is 9.81. The van der Waals surface area contributed by atoms with E-state index < -0.39 is 0 Å². The third-order valence-corrected chi connectivity index (χ3v) is 4.28. The summed E-state index contributed by atoms with van der Waals surface area (Å²) < 4.78 is 5.26. The molecule has 0 bridgehead atoms. The third-order valence-electron chi connectivity index (χ3n) is 4.28. The fourth-order valence-electron chi connectivity index (χ4n) is 3.28. The highest BCUT2D eigenvalue weighted by atomic mass is 16.5. The monoisotopic (exact) mass is 274 g/mol. The zero-order valence-corrected chi connectivity index (χ0v) is 11.5. The quantitative estimate of drug-likeness (QED) is 0.661. The summed E-state index contributed by atoms with van der Waals surface area (Å²) in [4.78, 5) is 26.4. The molecule has 0 spiro atoms. The highest BCUT2D eigenvalue weighted by molar-refractivity contribution is 6.22. The first kappa shape index (κ1) is 13.0. The van der Waals surface area contributed by atoms with E-state index in [1.54, 1.807) is 18.2 Å². The van der Waals surface area contributed by atoms with Gasteiger partial charge >= 0.3 is 0 Å². The molecule has 20 heavy (non-hydrogen) atoms. The number of nitrogens with zero attached hydrogens (tertiary/aromatic N) is 1. The van der Waals surface area contributed by atoms with Gasteiger partial charge in [-0.25, -0.2) is 4.90 Å². The number of fused-ring (bicyclic) bond motifs is 1. The smallest absolute Gasteiger partial charge is 0.237 e. The molecule has 5 nitrogen and oxygen atoms in total. The summed E-state index contributed by atoms with van der Waals surface area (Å²) in [5.74, 6) is -0.0449. The largest absolute Gasteiger partial charge is 0.495 e. The second-order valence-electron chi connectivity index (χ2n) is 5.44. The van der Waals surface area contributed by atoms with Crippen LogP contribution in [0.2, 0.25) is 0 Å². The molecule has 1 saturated heterocycles. The van der Waals surface area contributed by atoms with Gasteiger partial charge in [-0.05, 0) is 31.0 Å². The predicted octanol–water partition coefficient (Wildman–Crippen LogP) is 1.96. The Hall–Kier alpha value is -2.04. The number of carbonyl (C=O) groups excluding carboxylic acids is 2. The third kappa shape index (κ3) is 1.85. The van der Waals surface area contributed by atoms with Crippen molar-refractivity contribution in [2.45, 2.75) is 25.7 Å². The van der Waals surface area contributed by atoms with Crippen molar-refractivity contribution < 1.29 is 14.3 Å². The Kier molecular flexibility index (Phi) is 3.12. The van der Waals surface area contributed by atoms with E-state index >= 15 is 0 Å². The molecule has 1 aliphatic heterocycles. The van der Waals surface area contributed by atoms with Crippen LogP contribution in [0.1, 0.15) is 25.7 Å². The predicted molar refractivity (Wildman–Crippen MR) is 75.3 cm³/mol. The molecule has 0 aromatic heterocycles. The molecule has 2 N–H and O–H groups in total. The average Bonchev–Trinajstić information content (AvgIpc) is 2.71. The maximum Gasteiger partial charge on any atom is 0.237 e. The van der Waals surface area contributed by atoms with Crippen molar-refractivity contribution in [3.63, 3.8) is 0 Å². The Morgan fingerprint density at radius 1 is 1.15 bits per heavy atom. The molecule has 3 rings (SSSR count). The van der Waals surface area contributed by atoms with Crippen LogP contribution in [0.5, 0.6) is 5.75 Å². The van der Waals surface area contributed by atoms with Crippen molar-refractivity contribution in [1.82, 2.24) is 0 Å². The van der Waals surface area contributed by atoms with E-state index in [2.05, 4.69) is 0 Å². The molecule has 2 atom stereocenters. The first-order valence-electron chi connectivity index (χ1n) is 6.95. The Morgan fingerprint density at radius 2 is 1.75 bits per heavy atom. The van der Waals surface area contributed by atoms with Crippen LogP contribution in [-0.4, -0.2) is 18.9 Å². The molecule has 2 fully saturated rings. The molecule has 0 radical (unpaired) electrons. The van der Waals surface area contributed by atoms with E-state index in [1.165, 1.54) is 12.0 Å². The van der Waals surface area contributed by atoms with Crippen molar-refractivity contribution in [1.29, 1.82) is 0 Å². The lowest BCUT2D eigenvalue weighted by Crippen LogP contribution is -2.31. The number of nitrogen functional groups attached to an aromatic ring is 1. The van der Waals surface area contributed by atoms with Gasteiger partial charge in [0.05, 0.1) is 24.6 Å². The van der Waals surface area contributed by atoms with Gasteiger partial charge in [-0.15, -0.1) is 0 Å². The minimum atomic E-state index is -0.164. The molecule has 2 aliphatic rings. The maximum atomic E-state index is 12.5. The molecule has 2 amide bonds. The number of ether oxygens (including phenoxy) is 1. The van der Waals surface area contributed by atoms with Crippen LogP contribution in [-0.2, 0) is 9.59 Å². The average molecular weight is 274 g/mol. The summed E-state index contributed by atoms with van der Waals surface area (Å²) in [6.45, 7) is 0. The summed E-state index contributed by atoms with van der Waals surface area (Å²) in [5.41, 5.74) is 6.76. The van der Waals surface area contributed by atoms with Crippen molar-refractivity contribution in [2.75, 3.05) is 17.7 Å². The second kappa shape index (κ2) is 4.81. The number of carbonyl (C=O) groups is 2. The summed E-state index contributed by atoms with van der Waals surface area (Å²) >= 11 is 0. The second-order valence-corrected chi connectivity index (χ2v) is 5.44. The van der Waals surface area contributed by atoms with Crippen molar-refractivity contribution >= 4 is 23.2 Å². The fraction of sp³-hybridized carbons (Fsp3) is 0.467.